The van der Waals surface area contributed by atoms with Gasteiger partial charge in [-0.3, -0.25) is 4.79 Å². The fourth-order valence-corrected chi connectivity index (χ4v) is 5.08. The molecule has 2 rings (SSSR count). The number of methoxy groups -OCH3 is 1. The number of thioether (sulfide) groups is 1. The number of amides is 1. The number of ether oxygens (including phenoxy) is 2. The number of carbonyl (C=O) groups is 1. The Labute approximate surface area is 184 Å². The highest BCUT2D eigenvalue weighted by molar-refractivity contribution is 7.99. The summed E-state index contributed by atoms with van der Waals surface area (Å²) in [6, 6.07) is -0.756. The van der Waals surface area contributed by atoms with Crippen molar-refractivity contribution in [2.75, 3.05) is 26.5 Å². The zero-order chi connectivity index (χ0) is 22.3. The second-order valence-corrected chi connectivity index (χ2v) is 9.78. The van der Waals surface area contributed by atoms with Crippen molar-refractivity contribution in [3.05, 3.63) is 0 Å². The van der Waals surface area contributed by atoms with Gasteiger partial charge in [0.25, 0.3) is 0 Å². The number of aliphatic hydroxyl groups is 3. The van der Waals surface area contributed by atoms with Gasteiger partial charge in [-0.15, -0.1) is 11.8 Å². The van der Waals surface area contributed by atoms with Crippen molar-refractivity contribution in [1.82, 2.24) is 10.6 Å². The van der Waals surface area contributed by atoms with Gasteiger partial charge in [0.15, 0.2) is 0 Å². The zero-order valence-electron chi connectivity index (χ0n) is 18.6. The molecule has 0 aromatic heterocycles. The Morgan fingerprint density at radius 2 is 1.97 bits per heavy atom. The molecule has 8 nitrogen and oxygen atoms in total. The van der Waals surface area contributed by atoms with Crippen molar-refractivity contribution < 1.29 is 29.6 Å². The van der Waals surface area contributed by atoms with E-state index in [1.807, 2.05) is 13.8 Å². The Morgan fingerprint density at radius 1 is 1.23 bits per heavy atom. The maximum absolute atomic E-state index is 13.0. The molecule has 0 bridgehead atoms. The molecule has 2 aliphatic rings. The van der Waals surface area contributed by atoms with Gasteiger partial charge in [0.05, 0.1) is 12.1 Å². The largest absolute Gasteiger partial charge is 0.388 e. The first kappa shape index (κ1) is 25.8. The lowest BCUT2D eigenvalue weighted by atomic mass is 9.86. The molecule has 2 fully saturated rings. The van der Waals surface area contributed by atoms with Crippen molar-refractivity contribution in [3.63, 3.8) is 0 Å². The minimum atomic E-state index is -1.32. The van der Waals surface area contributed by atoms with Gasteiger partial charge >= 0.3 is 0 Å². The highest BCUT2D eigenvalue weighted by Crippen LogP contribution is 2.30. The molecule has 0 saturated carbocycles. The third-order valence-electron chi connectivity index (χ3n) is 6.26. The van der Waals surface area contributed by atoms with Crippen LogP contribution in [0, 0.1) is 11.8 Å². The van der Waals surface area contributed by atoms with E-state index in [2.05, 4.69) is 10.6 Å². The Kier molecular flexibility index (Phi) is 10.8. The molecule has 0 unspecified atom stereocenters. The van der Waals surface area contributed by atoms with Crippen molar-refractivity contribution in [3.8, 4) is 0 Å². The Balaban J connectivity index is 1.97. The minimum absolute atomic E-state index is 0.0213. The first-order valence-corrected chi connectivity index (χ1v) is 12.3. The van der Waals surface area contributed by atoms with Crippen molar-refractivity contribution in [2.45, 2.75) is 87.9 Å². The third-order valence-corrected chi connectivity index (χ3v) is 7.11. The van der Waals surface area contributed by atoms with Crippen molar-refractivity contribution in [2.24, 2.45) is 11.8 Å². The predicted octanol–water partition coefficient (Wildman–Crippen LogP) is 0.483. The second kappa shape index (κ2) is 12.6. The summed E-state index contributed by atoms with van der Waals surface area (Å²) in [5.41, 5.74) is -0.657. The molecule has 2 heterocycles. The molecule has 1 amide bonds. The number of hydrogen-bond donors (Lipinski definition) is 5. The summed E-state index contributed by atoms with van der Waals surface area (Å²) >= 11 is 1.27. The van der Waals surface area contributed by atoms with E-state index in [1.54, 1.807) is 13.4 Å². The Hall–Kier alpha value is -0.420. The van der Waals surface area contributed by atoms with Crippen molar-refractivity contribution in [1.29, 1.82) is 0 Å². The molecule has 9 heteroatoms. The van der Waals surface area contributed by atoms with Crippen LogP contribution in [-0.4, -0.2) is 89.7 Å². The third kappa shape index (κ3) is 6.79. The number of carbonyl (C=O) groups excluding carboxylic acids is 1. The van der Waals surface area contributed by atoms with E-state index >= 15 is 0 Å². The van der Waals surface area contributed by atoms with E-state index < -0.39 is 35.9 Å². The number of piperidine rings is 1. The minimum Gasteiger partial charge on any atom is -0.388 e. The average molecular weight is 449 g/mol. The normalized spacial score (nSPS) is 35.9. The fourth-order valence-electron chi connectivity index (χ4n) is 4.40. The summed E-state index contributed by atoms with van der Waals surface area (Å²) in [5.74, 6) is 0.380. The predicted molar refractivity (Wildman–Crippen MR) is 117 cm³/mol. The molecular weight excluding hydrogens is 408 g/mol. The second-order valence-electron chi connectivity index (χ2n) is 8.84. The standard InChI is InChI=1S/C21H40N2O6S/c1-12(2)15(19-17(25)16(24)18(26)21(29-19)30-4)23-20(27)14-11-13(8-9-22-14)7-5-6-10-28-3/h12-19,21-22,24-26H,5-11H2,1-4H3,(H,23,27)/t13-,14+,15-,16+,17-,18-,19-,21-/m1/s1. The van der Waals surface area contributed by atoms with Crippen LogP contribution in [-0.2, 0) is 14.3 Å². The van der Waals surface area contributed by atoms with Crippen LogP contribution in [0.15, 0.2) is 0 Å². The van der Waals surface area contributed by atoms with Crippen LogP contribution in [0.2, 0.25) is 0 Å². The van der Waals surface area contributed by atoms with Gasteiger partial charge < -0.3 is 35.4 Å². The van der Waals surface area contributed by atoms with Gasteiger partial charge in [0.2, 0.25) is 5.91 Å². The van der Waals surface area contributed by atoms with Gasteiger partial charge in [-0.2, -0.15) is 0 Å². The monoisotopic (exact) mass is 448 g/mol. The van der Waals surface area contributed by atoms with Crippen LogP contribution in [0.3, 0.4) is 0 Å². The average Bonchev–Trinajstić information content (AvgIpc) is 2.74. The SMILES string of the molecule is COCCCC[C@@H]1CCN[C@H](C(=O)N[C@H](C(C)C)[C@H]2O[C@H](SC)[C@H](O)[C@@H](O)[C@H]2O)C1. The molecule has 0 radical (unpaired) electrons. The van der Waals surface area contributed by atoms with Crippen LogP contribution < -0.4 is 10.6 Å². The number of hydrogen-bond acceptors (Lipinski definition) is 8. The van der Waals surface area contributed by atoms with E-state index in [0.717, 1.165) is 45.3 Å². The van der Waals surface area contributed by atoms with Gasteiger partial charge in [-0.25, -0.2) is 0 Å². The quantitative estimate of drug-likeness (QED) is 0.306. The molecule has 2 aliphatic heterocycles. The molecule has 8 atom stereocenters. The molecule has 5 N–H and O–H groups in total. The lowest BCUT2D eigenvalue weighted by molar-refractivity contribution is -0.208. The van der Waals surface area contributed by atoms with E-state index in [0.29, 0.717) is 5.92 Å². The summed E-state index contributed by atoms with van der Waals surface area (Å²) in [6.07, 6.45) is 2.29. The molecule has 0 aromatic carbocycles. The van der Waals surface area contributed by atoms with Gasteiger partial charge in [0, 0.05) is 13.7 Å². The maximum Gasteiger partial charge on any atom is 0.237 e. The summed E-state index contributed by atoms with van der Waals surface area (Å²) in [5, 5.41) is 37.3. The lowest BCUT2D eigenvalue weighted by Crippen LogP contribution is -2.65. The smallest absolute Gasteiger partial charge is 0.237 e. The Morgan fingerprint density at radius 3 is 2.60 bits per heavy atom. The van der Waals surface area contributed by atoms with Crippen LogP contribution in [0.4, 0.5) is 0 Å². The molecule has 2 saturated heterocycles. The van der Waals surface area contributed by atoms with E-state index in [1.165, 1.54) is 11.8 Å². The van der Waals surface area contributed by atoms with Crippen LogP contribution in [0.25, 0.3) is 0 Å². The summed E-state index contributed by atoms with van der Waals surface area (Å²) in [6.45, 7) is 5.46. The van der Waals surface area contributed by atoms with Gasteiger partial charge in [-0.1, -0.05) is 26.7 Å². The molecule has 0 aromatic rings. The topological polar surface area (TPSA) is 120 Å². The van der Waals surface area contributed by atoms with E-state index in [4.69, 9.17) is 9.47 Å². The molecule has 30 heavy (non-hydrogen) atoms. The van der Waals surface area contributed by atoms with Gasteiger partial charge in [0.1, 0.15) is 29.9 Å². The molecule has 176 valence electrons. The number of unbranched alkanes of at least 4 members (excludes halogenated alkanes) is 1. The van der Waals surface area contributed by atoms with Crippen LogP contribution in [0.1, 0.15) is 46.0 Å². The molecule has 0 spiro atoms. The first-order chi connectivity index (χ1) is 14.3. The van der Waals surface area contributed by atoms with E-state index in [-0.39, 0.29) is 17.9 Å². The number of rotatable bonds is 10. The number of aliphatic hydroxyl groups excluding tert-OH is 3. The fraction of sp³-hybridized carbons (Fsp3) is 0.952. The Bertz CT molecular complexity index is 524. The summed E-state index contributed by atoms with van der Waals surface area (Å²) in [7, 11) is 1.71. The first-order valence-electron chi connectivity index (χ1n) is 11.0. The lowest BCUT2D eigenvalue weighted by Gasteiger charge is -2.44. The van der Waals surface area contributed by atoms with Gasteiger partial charge in [-0.05, 0) is 43.9 Å². The van der Waals surface area contributed by atoms with Crippen molar-refractivity contribution >= 4 is 17.7 Å². The maximum atomic E-state index is 13.0. The summed E-state index contributed by atoms with van der Waals surface area (Å²) in [4.78, 5) is 13.0. The van der Waals surface area contributed by atoms with Crippen LogP contribution >= 0.6 is 11.8 Å². The summed E-state index contributed by atoms with van der Waals surface area (Å²) < 4.78 is 11.0. The molecular formula is C21H40N2O6S. The van der Waals surface area contributed by atoms with E-state index in [9.17, 15) is 20.1 Å². The number of nitrogens with one attached hydrogen (secondary N) is 2. The molecule has 0 aliphatic carbocycles. The highest BCUT2D eigenvalue weighted by atomic mass is 32.2. The highest BCUT2D eigenvalue weighted by Gasteiger charge is 2.47. The zero-order valence-corrected chi connectivity index (χ0v) is 19.4. The van der Waals surface area contributed by atoms with Crippen LogP contribution in [0.5, 0.6) is 0 Å².